The van der Waals surface area contributed by atoms with Gasteiger partial charge in [0, 0.05) is 18.2 Å². The number of benzene rings is 1. The Balaban J connectivity index is 2.42. The summed E-state index contributed by atoms with van der Waals surface area (Å²) in [5, 5.41) is 2.32. The highest BCUT2D eigenvalue weighted by Gasteiger charge is 2.10. The molecule has 0 saturated heterocycles. The first-order valence-corrected chi connectivity index (χ1v) is 7.57. The molecule has 104 valence electrons. The Morgan fingerprint density at radius 1 is 1.21 bits per heavy atom. The van der Waals surface area contributed by atoms with E-state index in [2.05, 4.69) is 5.32 Å². The summed E-state index contributed by atoms with van der Waals surface area (Å²) in [7, 11) is -3.20. The van der Waals surface area contributed by atoms with Crippen molar-refractivity contribution in [2.24, 2.45) is 0 Å². The van der Waals surface area contributed by atoms with Gasteiger partial charge >= 0.3 is 0 Å². The number of amides is 1. The summed E-state index contributed by atoms with van der Waals surface area (Å²) in [6.07, 6.45) is 0.847. The third-order valence-corrected chi connectivity index (χ3v) is 3.26. The third kappa shape index (κ3) is 6.10. The maximum atomic E-state index is 12.6. The fourth-order valence-electron chi connectivity index (χ4n) is 1.28. The number of Topliss-reactive ketones (excluding diaryl/α,β-unsaturated/α-hetero) is 1. The van der Waals surface area contributed by atoms with Gasteiger partial charge in [-0.15, -0.1) is 0 Å². The lowest BCUT2D eigenvalue weighted by Crippen LogP contribution is -2.30. The number of halogens is 1. The van der Waals surface area contributed by atoms with Crippen LogP contribution < -0.4 is 5.32 Å². The summed E-state index contributed by atoms with van der Waals surface area (Å²) in [4.78, 5) is 22.9. The van der Waals surface area contributed by atoms with Crippen molar-refractivity contribution in [3.63, 3.8) is 0 Å². The van der Waals surface area contributed by atoms with Crippen molar-refractivity contribution >= 4 is 21.5 Å². The zero-order valence-electron chi connectivity index (χ0n) is 10.3. The lowest BCUT2D eigenvalue weighted by atomic mass is 10.1. The predicted molar refractivity (Wildman–Crippen MR) is 68.1 cm³/mol. The molecule has 0 fully saturated rings. The number of sulfone groups is 1. The molecule has 0 aliphatic heterocycles. The van der Waals surface area contributed by atoms with Crippen molar-refractivity contribution < 1.29 is 22.4 Å². The Bertz CT molecular complexity index is 566. The van der Waals surface area contributed by atoms with E-state index in [-0.39, 0.29) is 30.1 Å². The van der Waals surface area contributed by atoms with E-state index in [1.807, 2.05) is 0 Å². The van der Waals surface area contributed by atoms with Crippen molar-refractivity contribution in [2.75, 3.05) is 18.6 Å². The summed E-state index contributed by atoms with van der Waals surface area (Å²) in [6, 6.07) is 4.94. The first-order valence-electron chi connectivity index (χ1n) is 5.51. The Hall–Kier alpha value is -1.76. The second kappa shape index (κ2) is 6.42. The van der Waals surface area contributed by atoms with E-state index in [4.69, 9.17) is 0 Å². The molecule has 1 aromatic carbocycles. The molecular formula is C12H14FNO4S. The van der Waals surface area contributed by atoms with E-state index in [1.54, 1.807) is 0 Å². The first-order chi connectivity index (χ1) is 8.78. The lowest BCUT2D eigenvalue weighted by Gasteiger charge is -2.04. The van der Waals surface area contributed by atoms with Gasteiger partial charge in [0.1, 0.15) is 15.7 Å². The molecule has 1 rings (SSSR count). The zero-order valence-corrected chi connectivity index (χ0v) is 11.2. The summed E-state index contributed by atoms with van der Waals surface area (Å²) in [5.41, 5.74) is 0.282. The van der Waals surface area contributed by atoms with Crippen LogP contribution in [0.1, 0.15) is 16.8 Å². The van der Waals surface area contributed by atoms with Crippen LogP contribution in [0, 0.1) is 5.82 Å². The summed E-state index contributed by atoms with van der Waals surface area (Å²) >= 11 is 0. The van der Waals surface area contributed by atoms with Crippen molar-refractivity contribution in [1.82, 2.24) is 5.32 Å². The van der Waals surface area contributed by atoms with Gasteiger partial charge in [-0.1, -0.05) is 0 Å². The number of rotatable bonds is 6. The molecule has 0 heterocycles. The Kier molecular flexibility index (Phi) is 5.17. The molecule has 0 spiro atoms. The average molecular weight is 287 g/mol. The lowest BCUT2D eigenvalue weighted by molar-refractivity contribution is -0.120. The monoisotopic (exact) mass is 287 g/mol. The van der Waals surface area contributed by atoms with Crippen LogP contribution in [-0.2, 0) is 14.6 Å². The van der Waals surface area contributed by atoms with Crippen LogP contribution in [0.15, 0.2) is 24.3 Å². The highest BCUT2D eigenvalue weighted by molar-refractivity contribution is 7.90. The molecule has 7 heteroatoms. The standard InChI is InChI=1S/C12H14FNO4S/c1-19(17,18)7-6-12(16)14-8-11(15)9-2-4-10(13)5-3-9/h2-5H,6-8H2,1H3,(H,14,16). The molecule has 0 aromatic heterocycles. The van der Waals surface area contributed by atoms with E-state index in [0.717, 1.165) is 18.4 Å². The fourth-order valence-corrected chi connectivity index (χ4v) is 1.84. The maximum absolute atomic E-state index is 12.6. The zero-order chi connectivity index (χ0) is 14.5. The van der Waals surface area contributed by atoms with Gasteiger partial charge < -0.3 is 5.32 Å². The molecule has 0 bridgehead atoms. The largest absolute Gasteiger partial charge is 0.349 e. The van der Waals surface area contributed by atoms with E-state index < -0.39 is 21.6 Å². The predicted octanol–water partition coefficient (Wildman–Crippen LogP) is 0.559. The maximum Gasteiger partial charge on any atom is 0.221 e. The van der Waals surface area contributed by atoms with Crippen molar-refractivity contribution in [3.8, 4) is 0 Å². The Morgan fingerprint density at radius 3 is 2.32 bits per heavy atom. The van der Waals surface area contributed by atoms with Gasteiger partial charge in [0.2, 0.25) is 5.91 Å². The number of hydrogen-bond donors (Lipinski definition) is 1. The van der Waals surface area contributed by atoms with Crippen LogP contribution in [0.2, 0.25) is 0 Å². The van der Waals surface area contributed by atoms with E-state index in [0.29, 0.717) is 0 Å². The average Bonchev–Trinajstić information content (AvgIpc) is 2.33. The van der Waals surface area contributed by atoms with Crippen molar-refractivity contribution in [2.45, 2.75) is 6.42 Å². The Morgan fingerprint density at radius 2 is 1.79 bits per heavy atom. The van der Waals surface area contributed by atoms with Crippen molar-refractivity contribution in [1.29, 1.82) is 0 Å². The molecule has 0 aliphatic carbocycles. The molecule has 0 aliphatic rings. The topological polar surface area (TPSA) is 80.3 Å². The van der Waals surface area contributed by atoms with Gasteiger partial charge in [-0.2, -0.15) is 0 Å². The minimum atomic E-state index is -3.20. The summed E-state index contributed by atoms with van der Waals surface area (Å²) in [6.45, 7) is -0.242. The summed E-state index contributed by atoms with van der Waals surface area (Å²) in [5.74, 6) is -1.59. The van der Waals surface area contributed by atoms with Crippen LogP contribution in [0.3, 0.4) is 0 Å². The highest BCUT2D eigenvalue weighted by Crippen LogP contribution is 2.03. The smallest absolute Gasteiger partial charge is 0.221 e. The summed E-state index contributed by atoms with van der Waals surface area (Å²) < 4.78 is 34.3. The molecule has 1 aromatic rings. The molecule has 1 N–H and O–H groups in total. The molecule has 0 saturated carbocycles. The minimum absolute atomic E-state index is 0.185. The molecule has 19 heavy (non-hydrogen) atoms. The van der Waals surface area contributed by atoms with Crippen LogP contribution in [0.5, 0.6) is 0 Å². The van der Waals surface area contributed by atoms with E-state index in [1.165, 1.54) is 12.1 Å². The van der Waals surface area contributed by atoms with Gasteiger partial charge in [-0.05, 0) is 24.3 Å². The van der Waals surface area contributed by atoms with Crippen LogP contribution in [-0.4, -0.2) is 38.7 Å². The number of hydrogen-bond acceptors (Lipinski definition) is 4. The van der Waals surface area contributed by atoms with Crippen LogP contribution >= 0.6 is 0 Å². The van der Waals surface area contributed by atoms with E-state index in [9.17, 15) is 22.4 Å². The molecule has 5 nitrogen and oxygen atoms in total. The number of ketones is 1. The molecular weight excluding hydrogens is 273 g/mol. The normalized spacial score (nSPS) is 11.1. The van der Waals surface area contributed by atoms with Gasteiger partial charge in [0.05, 0.1) is 12.3 Å². The van der Waals surface area contributed by atoms with E-state index >= 15 is 0 Å². The number of carbonyl (C=O) groups excluding carboxylic acids is 2. The second-order valence-electron chi connectivity index (χ2n) is 4.09. The second-order valence-corrected chi connectivity index (χ2v) is 6.35. The van der Waals surface area contributed by atoms with Crippen molar-refractivity contribution in [3.05, 3.63) is 35.6 Å². The van der Waals surface area contributed by atoms with Gasteiger partial charge in [-0.25, -0.2) is 12.8 Å². The fraction of sp³-hybridized carbons (Fsp3) is 0.333. The number of nitrogens with one attached hydrogen (secondary N) is 1. The van der Waals surface area contributed by atoms with Gasteiger partial charge in [0.25, 0.3) is 0 Å². The minimum Gasteiger partial charge on any atom is -0.349 e. The van der Waals surface area contributed by atoms with Gasteiger partial charge in [0.15, 0.2) is 5.78 Å². The molecule has 1 amide bonds. The quantitative estimate of drug-likeness (QED) is 0.775. The highest BCUT2D eigenvalue weighted by atomic mass is 32.2. The first kappa shape index (κ1) is 15.3. The van der Waals surface area contributed by atoms with Crippen LogP contribution in [0.25, 0.3) is 0 Å². The molecule has 0 atom stereocenters. The Labute approximate surface area is 110 Å². The third-order valence-electron chi connectivity index (χ3n) is 2.31. The van der Waals surface area contributed by atoms with Gasteiger partial charge in [-0.3, -0.25) is 9.59 Å². The number of carbonyl (C=O) groups is 2. The van der Waals surface area contributed by atoms with Crippen LogP contribution in [0.4, 0.5) is 4.39 Å². The SMILES string of the molecule is CS(=O)(=O)CCC(=O)NCC(=O)c1ccc(F)cc1. The molecule has 0 unspecified atom stereocenters. The molecule has 0 radical (unpaired) electrons.